The van der Waals surface area contributed by atoms with E-state index < -0.39 is 11.4 Å². The van der Waals surface area contributed by atoms with E-state index in [1.54, 1.807) is 6.20 Å². The van der Waals surface area contributed by atoms with Gasteiger partial charge in [-0.05, 0) is 95.1 Å². The predicted molar refractivity (Wildman–Crippen MR) is 185 cm³/mol. The van der Waals surface area contributed by atoms with Gasteiger partial charge in [-0.25, -0.2) is 9.18 Å². The standard InChI is InChI=1S/C38H45FN6O3/c1-5-24-10-6-11-25-12-7-13-28(30(24)25)32-31(39)33-29(20-40-32)34(42-35(41-33)47-23-38-16-8-18-44(38)19-9-17-38)43-21-26-14-15-27(22-43)45(26)36(46)48-37(2,3)4/h6-7,10-13,20,26-27H,5,8-9,14-19,21-23H2,1-4H3. The van der Waals surface area contributed by atoms with Crippen molar-refractivity contribution < 1.29 is 18.7 Å². The fourth-order valence-corrected chi connectivity index (χ4v) is 8.77. The summed E-state index contributed by atoms with van der Waals surface area (Å²) >= 11 is 0. The van der Waals surface area contributed by atoms with Crippen molar-refractivity contribution in [3.63, 3.8) is 0 Å². The minimum absolute atomic E-state index is 0.00190. The number of hydrogen-bond acceptors (Lipinski definition) is 8. The molecular weight excluding hydrogens is 607 g/mol. The molecule has 2 unspecified atom stereocenters. The van der Waals surface area contributed by atoms with Gasteiger partial charge in [-0.1, -0.05) is 43.3 Å². The maximum absolute atomic E-state index is 17.0. The Morgan fingerprint density at radius 3 is 2.42 bits per heavy atom. The molecule has 6 heterocycles. The first-order valence-electron chi connectivity index (χ1n) is 17.7. The van der Waals surface area contributed by atoms with E-state index in [9.17, 15) is 4.79 Å². The summed E-state index contributed by atoms with van der Waals surface area (Å²) in [6, 6.07) is 12.3. The molecule has 0 N–H and O–H groups in total. The molecule has 2 atom stereocenters. The molecule has 0 saturated carbocycles. The maximum Gasteiger partial charge on any atom is 0.410 e. The summed E-state index contributed by atoms with van der Waals surface area (Å²) in [5, 5.41) is 2.61. The van der Waals surface area contributed by atoms with Gasteiger partial charge in [0.1, 0.15) is 29.2 Å². The Labute approximate surface area is 281 Å². The van der Waals surface area contributed by atoms with E-state index in [0.717, 1.165) is 79.9 Å². The van der Waals surface area contributed by atoms with Crippen LogP contribution >= 0.6 is 0 Å². The fraction of sp³-hybridized carbons (Fsp3) is 0.526. The highest BCUT2D eigenvalue weighted by Gasteiger charge is 2.46. The van der Waals surface area contributed by atoms with Gasteiger partial charge in [0.25, 0.3) is 0 Å². The first-order chi connectivity index (χ1) is 23.1. The second kappa shape index (κ2) is 11.8. The van der Waals surface area contributed by atoms with Gasteiger partial charge in [0, 0.05) is 24.8 Å². The zero-order valence-corrected chi connectivity index (χ0v) is 28.5. The lowest BCUT2D eigenvalue weighted by Gasteiger charge is -2.42. The number of fused-ring (bicyclic) bond motifs is 5. The van der Waals surface area contributed by atoms with Crippen LogP contribution in [0.1, 0.15) is 71.8 Å². The average Bonchev–Trinajstić information content (AvgIpc) is 3.73. The van der Waals surface area contributed by atoms with E-state index in [1.807, 2.05) is 43.9 Å². The molecule has 0 aliphatic carbocycles. The van der Waals surface area contributed by atoms with E-state index in [0.29, 0.717) is 30.9 Å². The largest absolute Gasteiger partial charge is 0.461 e. The molecule has 4 fully saturated rings. The Hall–Kier alpha value is -4.05. The second-order valence-electron chi connectivity index (χ2n) is 15.1. The van der Waals surface area contributed by atoms with Crippen molar-refractivity contribution in [2.45, 2.75) is 95.9 Å². The molecule has 9 nitrogen and oxygen atoms in total. The first-order valence-corrected chi connectivity index (χ1v) is 17.7. The number of aromatic nitrogens is 3. The van der Waals surface area contributed by atoms with Crippen molar-refractivity contribution in [1.82, 2.24) is 24.8 Å². The van der Waals surface area contributed by atoms with Crippen molar-refractivity contribution in [2.75, 3.05) is 37.7 Å². The smallest absolute Gasteiger partial charge is 0.410 e. The number of piperazine rings is 1. The first kappa shape index (κ1) is 31.2. The quantitative estimate of drug-likeness (QED) is 0.217. The highest BCUT2D eigenvalue weighted by molar-refractivity contribution is 6.00. The van der Waals surface area contributed by atoms with Gasteiger partial charge >= 0.3 is 12.1 Å². The van der Waals surface area contributed by atoms with E-state index in [1.165, 1.54) is 0 Å². The summed E-state index contributed by atoms with van der Waals surface area (Å²) in [5.74, 6) is 0.129. The molecule has 0 radical (unpaired) electrons. The van der Waals surface area contributed by atoms with Crippen molar-refractivity contribution in [1.29, 1.82) is 0 Å². The number of ether oxygens (including phenoxy) is 2. The number of rotatable bonds is 6. The third-order valence-electron chi connectivity index (χ3n) is 10.9. The van der Waals surface area contributed by atoms with Gasteiger partial charge < -0.3 is 14.4 Å². The van der Waals surface area contributed by atoms with E-state index >= 15 is 4.39 Å². The third kappa shape index (κ3) is 5.32. The molecule has 4 saturated heterocycles. The molecule has 0 spiro atoms. The Morgan fingerprint density at radius 2 is 1.73 bits per heavy atom. The van der Waals surface area contributed by atoms with Gasteiger partial charge in [0.05, 0.1) is 23.0 Å². The number of hydrogen-bond donors (Lipinski definition) is 0. The SMILES string of the molecule is CCc1cccc2cccc(-c3ncc4c(N5CC6CCC(C5)N6C(=O)OC(C)(C)C)nc(OCC56CCCN5CCC6)nc4c3F)c12. The van der Waals surface area contributed by atoms with Crippen LogP contribution in [0.2, 0.25) is 0 Å². The van der Waals surface area contributed by atoms with E-state index in [4.69, 9.17) is 24.4 Å². The minimum atomic E-state index is -0.570. The molecule has 2 aromatic heterocycles. The Kier molecular flexibility index (Phi) is 7.69. The van der Waals surface area contributed by atoms with Gasteiger partial charge in [-0.3, -0.25) is 14.8 Å². The zero-order valence-electron chi connectivity index (χ0n) is 28.5. The number of benzene rings is 2. The van der Waals surface area contributed by atoms with Crippen LogP contribution in [0.15, 0.2) is 42.6 Å². The summed E-state index contributed by atoms with van der Waals surface area (Å²) in [4.78, 5) is 34.3. The molecule has 10 heteroatoms. The lowest BCUT2D eigenvalue weighted by Crippen LogP contribution is -2.57. The van der Waals surface area contributed by atoms with Crippen molar-refractivity contribution in [3.8, 4) is 17.3 Å². The number of anilines is 1. The maximum atomic E-state index is 17.0. The van der Waals surface area contributed by atoms with Crippen LogP contribution in [0, 0.1) is 5.82 Å². The summed E-state index contributed by atoms with van der Waals surface area (Å²) in [6.45, 7) is 11.6. The molecule has 2 bridgehead atoms. The number of carbonyl (C=O) groups is 1. The molecular formula is C38H45FN6O3. The molecule has 48 heavy (non-hydrogen) atoms. The van der Waals surface area contributed by atoms with Gasteiger partial charge in [0.2, 0.25) is 0 Å². The number of aryl methyl sites for hydroxylation is 1. The highest BCUT2D eigenvalue weighted by Crippen LogP contribution is 2.41. The van der Waals surface area contributed by atoms with Crippen LogP contribution < -0.4 is 9.64 Å². The monoisotopic (exact) mass is 652 g/mol. The molecule has 4 aliphatic heterocycles. The molecule has 252 valence electrons. The van der Waals surface area contributed by atoms with Crippen molar-refractivity contribution >= 4 is 33.6 Å². The zero-order chi connectivity index (χ0) is 33.2. The van der Waals surface area contributed by atoms with E-state index in [2.05, 4.69) is 34.9 Å². The number of halogens is 1. The summed E-state index contributed by atoms with van der Waals surface area (Å²) < 4.78 is 29.2. The molecule has 4 aromatic rings. The lowest BCUT2D eigenvalue weighted by atomic mass is 9.95. The Balaban J connectivity index is 1.21. The summed E-state index contributed by atoms with van der Waals surface area (Å²) in [5.41, 5.74) is 1.81. The molecule has 1 amide bonds. The summed E-state index contributed by atoms with van der Waals surface area (Å²) in [6.07, 6.45) is 8.52. The van der Waals surface area contributed by atoms with Gasteiger partial charge in [-0.2, -0.15) is 9.97 Å². The van der Waals surface area contributed by atoms with Crippen molar-refractivity contribution in [3.05, 3.63) is 54.0 Å². The fourth-order valence-electron chi connectivity index (χ4n) is 8.77. The van der Waals surface area contributed by atoms with Crippen LogP contribution in [0.4, 0.5) is 15.0 Å². The van der Waals surface area contributed by atoms with Crippen LogP contribution in [-0.2, 0) is 11.2 Å². The normalized spacial score (nSPS) is 22.1. The van der Waals surface area contributed by atoms with Crippen LogP contribution in [0.5, 0.6) is 6.01 Å². The minimum Gasteiger partial charge on any atom is -0.461 e. The highest BCUT2D eigenvalue weighted by atomic mass is 19.1. The Bertz CT molecular complexity index is 1860. The third-order valence-corrected chi connectivity index (χ3v) is 10.9. The number of carbonyl (C=O) groups excluding carboxylic acids is 1. The molecule has 8 rings (SSSR count). The number of amides is 1. The van der Waals surface area contributed by atoms with Crippen LogP contribution in [0.3, 0.4) is 0 Å². The Morgan fingerprint density at radius 1 is 1.02 bits per heavy atom. The topological polar surface area (TPSA) is 83.9 Å². The van der Waals surface area contributed by atoms with Gasteiger partial charge in [0.15, 0.2) is 5.82 Å². The number of nitrogens with zero attached hydrogens (tertiary/aromatic N) is 6. The van der Waals surface area contributed by atoms with Crippen LogP contribution in [-0.4, -0.2) is 86.9 Å². The second-order valence-corrected chi connectivity index (χ2v) is 15.1. The molecule has 2 aromatic carbocycles. The predicted octanol–water partition coefficient (Wildman–Crippen LogP) is 7.14. The van der Waals surface area contributed by atoms with Gasteiger partial charge in [-0.15, -0.1) is 0 Å². The lowest BCUT2D eigenvalue weighted by molar-refractivity contribution is 0.0122. The van der Waals surface area contributed by atoms with E-state index in [-0.39, 0.29) is 40.9 Å². The summed E-state index contributed by atoms with van der Waals surface area (Å²) in [7, 11) is 0. The average molecular weight is 653 g/mol. The number of pyridine rings is 1. The van der Waals surface area contributed by atoms with Crippen LogP contribution in [0.25, 0.3) is 32.9 Å². The van der Waals surface area contributed by atoms with Crippen molar-refractivity contribution in [2.24, 2.45) is 0 Å². The molecule has 4 aliphatic rings.